The predicted octanol–water partition coefficient (Wildman–Crippen LogP) is 8.68. The van der Waals surface area contributed by atoms with Crippen molar-refractivity contribution in [1.82, 2.24) is 0 Å². The SMILES string of the molecule is Oc1cccc(N(c2ccccc2)C2(N(c3ccccc3)c3cccc(O)c3)C=CC(c3ccccc3)C=C2)c1. The number of benzene rings is 5. The second-order valence-corrected chi connectivity index (χ2v) is 9.82. The van der Waals surface area contributed by atoms with Gasteiger partial charge in [0, 0.05) is 40.8 Å². The summed E-state index contributed by atoms with van der Waals surface area (Å²) >= 11 is 0. The van der Waals surface area contributed by atoms with Crippen LogP contribution in [0.25, 0.3) is 0 Å². The lowest BCUT2D eigenvalue weighted by molar-refractivity contribution is 0.475. The van der Waals surface area contributed by atoms with Crippen LogP contribution in [0.15, 0.2) is 164 Å². The molecule has 40 heavy (non-hydrogen) atoms. The summed E-state index contributed by atoms with van der Waals surface area (Å²) in [7, 11) is 0. The monoisotopic (exact) mass is 522 g/mol. The number of hydrogen-bond acceptors (Lipinski definition) is 4. The van der Waals surface area contributed by atoms with Crippen LogP contribution in [0.1, 0.15) is 11.5 Å². The van der Waals surface area contributed by atoms with Gasteiger partial charge in [0.15, 0.2) is 5.66 Å². The maximum atomic E-state index is 10.6. The number of phenolic OH excluding ortho intramolecular Hbond substituents is 2. The van der Waals surface area contributed by atoms with E-state index in [9.17, 15) is 10.2 Å². The molecule has 1 aliphatic carbocycles. The molecule has 196 valence electrons. The maximum absolute atomic E-state index is 10.6. The molecule has 4 heteroatoms. The Morgan fingerprint density at radius 1 is 0.450 bits per heavy atom. The molecule has 0 radical (unpaired) electrons. The van der Waals surface area contributed by atoms with Crippen molar-refractivity contribution < 1.29 is 10.2 Å². The van der Waals surface area contributed by atoms with E-state index in [4.69, 9.17) is 0 Å². The largest absolute Gasteiger partial charge is 0.508 e. The van der Waals surface area contributed by atoms with Gasteiger partial charge in [-0.1, -0.05) is 91.0 Å². The average Bonchev–Trinajstić information content (AvgIpc) is 3.00. The fraction of sp³-hybridized carbons (Fsp3) is 0.0556. The van der Waals surface area contributed by atoms with Crippen molar-refractivity contribution in [2.75, 3.05) is 9.80 Å². The van der Waals surface area contributed by atoms with Gasteiger partial charge in [0.1, 0.15) is 11.5 Å². The van der Waals surface area contributed by atoms with Crippen molar-refractivity contribution in [3.63, 3.8) is 0 Å². The highest BCUT2D eigenvalue weighted by Crippen LogP contribution is 2.46. The minimum Gasteiger partial charge on any atom is -0.508 e. The molecule has 2 N–H and O–H groups in total. The van der Waals surface area contributed by atoms with Crippen LogP contribution in [0.3, 0.4) is 0 Å². The van der Waals surface area contributed by atoms with Gasteiger partial charge >= 0.3 is 0 Å². The Kier molecular flexibility index (Phi) is 6.82. The van der Waals surface area contributed by atoms with E-state index in [1.54, 1.807) is 24.3 Å². The third kappa shape index (κ3) is 4.83. The molecule has 0 unspecified atom stereocenters. The highest BCUT2D eigenvalue weighted by Gasteiger charge is 2.42. The van der Waals surface area contributed by atoms with E-state index in [1.165, 1.54) is 5.56 Å². The number of phenols is 2. The van der Waals surface area contributed by atoms with Crippen molar-refractivity contribution in [3.05, 3.63) is 169 Å². The van der Waals surface area contributed by atoms with Crippen molar-refractivity contribution in [2.24, 2.45) is 0 Å². The van der Waals surface area contributed by atoms with Crippen LogP contribution in [-0.4, -0.2) is 15.9 Å². The molecule has 5 aromatic carbocycles. The van der Waals surface area contributed by atoms with Crippen LogP contribution in [0.5, 0.6) is 11.5 Å². The predicted molar refractivity (Wildman–Crippen MR) is 164 cm³/mol. The lowest BCUT2D eigenvalue weighted by Gasteiger charge is -2.51. The first kappa shape index (κ1) is 25.1. The van der Waals surface area contributed by atoms with Crippen LogP contribution in [-0.2, 0) is 0 Å². The molecule has 0 fully saturated rings. The number of hydrogen-bond donors (Lipinski definition) is 2. The molecule has 0 saturated carbocycles. The molecule has 1 aliphatic rings. The van der Waals surface area contributed by atoms with Gasteiger partial charge in [-0.15, -0.1) is 0 Å². The van der Waals surface area contributed by atoms with Crippen molar-refractivity contribution in [3.8, 4) is 11.5 Å². The normalized spacial score (nSPS) is 14.1. The van der Waals surface area contributed by atoms with Gasteiger partial charge in [-0.3, -0.25) is 0 Å². The molecule has 0 spiro atoms. The number of anilines is 4. The van der Waals surface area contributed by atoms with Gasteiger partial charge in [-0.2, -0.15) is 0 Å². The Hall–Kier alpha value is -5.22. The standard InChI is InChI=1S/C36H30N2O2/c39-34-20-10-18-32(26-34)37(30-14-6-2-7-15-30)36(24-22-29(23-25-36)28-12-4-1-5-13-28)38(31-16-8-3-9-17-31)33-19-11-21-35(40)27-33/h1-27,29,39-40H. The summed E-state index contributed by atoms with van der Waals surface area (Å²) in [5, 5.41) is 21.2. The molecule has 0 aromatic heterocycles. The smallest absolute Gasteiger partial charge is 0.160 e. The zero-order chi connectivity index (χ0) is 27.4. The number of para-hydroxylation sites is 2. The summed E-state index contributed by atoms with van der Waals surface area (Å²) in [5.41, 5.74) is 3.84. The highest BCUT2D eigenvalue weighted by molar-refractivity contribution is 5.78. The second kappa shape index (κ2) is 10.9. The van der Waals surface area contributed by atoms with Crippen molar-refractivity contribution >= 4 is 22.7 Å². The first-order chi connectivity index (χ1) is 19.6. The molecule has 0 heterocycles. The molecular formula is C36H30N2O2. The topological polar surface area (TPSA) is 46.9 Å². The molecule has 0 bridgehead atoms. The van der Waals surface area contributed by atoms with E-state index in [0.29, 0.717) is 0 Å². The summed E-state index contributed by atoms with van der Waals surface area (Å²) < 4.78 is 0. The summed E-state index contributed by atoms with van der Waals surface area (Å²) in [4.78, 5) is 4.44. The first-order valence-electron chi connectivity index (χ1n) is 13.4. The van der Waals surface area contributed by atoms with E-state index in [-0.39, 0.29) is 17.4 Å². The van der Waals surface area contributed by atoms with Crippen molar-refractivity contribution in [2.45, 2.75) is 11.6 Å². The van der Waals surface area contributed by atoms with E-state index in [1.807, 2.05) is 66.7 Å². The lowest BCUT2D eigenvalue weighted by atomic mass is 9.87. The van der Waals surface area contributed by atoms with Crippen LogP contribution in [0.2, 0.25) is 0 Å². The quantitative estimate of drug-likeness (QED) is 0.166. The zero-order valence-corrected chi connectivity index (χ0v) is 22.0. The minimum absolute atomic E-state index is 0.0953. The second-order valence-electron chi connectivity index (χ2n) is 9.82. The van der Waals surface area contributed by atoms with Gasteiger partial charge in [-0.25, -0.2) is 0 Å². The Balaban J connectivity index is 1.64. The van der Waals surface area contributed by atoms with Gasteiger partial charge in [0.05, 0.1) is 0 Å². The highest BCUT2D eigenvalue weighted by atomic mass is 16.3. The molecule has 0 saturated heterocycles. The van der Waals surface area contributed by atoms with Crippen LogP contribution >= 0.6 is 0 Å². The zero-order valence-electron chi connectivity index (χ0n) is 22.0. The molecule has 0 amide bonds. The van der Waals surface area contributed by atoms with Crippen LogP contribution in [0, 0.1) is 0 Å². The third-order valence-electron chi connectivity index (χ3n) is 7.20. The first-order valence-corrected chi connectivity index (χ1v) is 13.4. The maximum Gasteiger partial charge on any atom is 0.160 e. The Morgan fingerprint density at radius 2 is 0.850 bits per heavy atom. The fourth-order valence-electron chi connectivity index (χ4n) is 5.45. The molecule has 0 aliphatic heterocycles. The minimum atomic E-state index is -0.893. The number of rotatable bonds is 7. The average molecular weight is 523 g/mol. The summed E-state index contributed by atoms with van der Waals surface area (Å²) in [6.07, 6.45) is 8.90. The fourth-order valence-corrected chi connectivity index (χ4v) is 5.45. The molecule has 0 atom stereocenters. The molecular weight excluding hydrogens is 492 g/mol. The Labute approximate surface area is 235 Å². The lowest BCUT2D eigenvalue weighted by Crippen LogP contribution is -2.56. The Bertz CT molecular complexity index is 1530. The summed E-state index contributed by atoms with van der Waals surface area (Å²) in [5.74, 6) is 0.462. The molecule has 5 aromatic rings. The van der Waals surface area contributed by atoms with E-state index < -0.39 is 5.66 Å². The summed E-state index contributed by atoms with van der Waals surface area (Å²) in [6, 6.07) is 45.4. The van der Waals surface area contributed by atoms with Crippen LogP contribution < -0.4 is 9.80 Å². The number of aromatic hydroxyl groups is 2. The van der Waals surface area contributed by atoms with E-state index in [0.717, 1.165) is 22.7 Å². The summed E-state index contributed by atoms with van der Waals surface area (Å²) in [6.45, 7) is 0. The number of allylic oxidation sites excluding steroid dienone is 2. The van der Waals surface area contributed by atoms with Gasteiger partial charge in [-0.05, 0) is 66.2 Å². The number of nitrogens with zero attached hydrogens (tertiary/aromatic N) is 2. The molecule has 4 nitrogen and oxygen atoms in total. The van der Waals surface area contributed by atoms with Crippen LogP contribution in [0.4, 0.5) is 22.7 Å². The van der Waals surface area contributed by atoms with Crippen molar-refractivity contribution in [1.29, 1.82) is 0 Å². The molecule has 6 rings (SSSR count). The van der Waals surface area contributed by atoms with E-state index >= 15 is 0 Å². The van der Waals surface area contributed by atoms with E-state index in [2.05, 4.69) is 82.6 Å². The van der Waals surface area contributed by atoms with Gasteiger partial charge in [0.2, 0.25) is 0 Å². The third-order valence-corrected chi connectivity index (χ3v) is 7.20. The van der Waals surface area contributed by atoms with Gasteiger partial charge < -0.3 is 20.0 Å². The Morgan fingerprint density at radius 3 is 1.27 bits per heavy atom. The van der Waals surface area contributed by atoms with Gasteiger partial charge in [0.25, 0.3) is 0 Å².